The van der Waals surface area contributed by atoms with Crippen LogP contribution in [0.15, 0.2) is 18.2 Å². The number of amides is 2. The molecule has 1 atom stereocenters. The largest absolute Gasteiger partial charge is 0.355 e. The molecule has 7 heteroatoms. The quantitative estimate of drug-likeness (QED) is 0.795. The number of piperidine rings is 1. The molecule has 0 aromatic heterocycles. The number of carbonyl (C=O) groups excluding carboxylic acids is 2. The highest BCUT2D eigenvalue weighted by Crippen LogP contribution is 2.21. The topological polar surface area (TPSA) is 70.2 Å². The van der Waals surface area contributed by atoms with Crippen LogP contribution in [0.4, 0.5) is 5.69 Å². The van der Waals surface area contributed by atoms with Crippen LogP contribution >= 0.6 is 24.0 Å². The van der Waals surface area contributed by atoms with E-state index in [2.05, 4.69) is 16.0 Å². The summed E-state index contributed by atoms with van der Waals surface area (Å²) >= 11 is 6.04. The Bertz CT molecular complexity index is 517. The first-order valence-corrected chi connectivity index (χ1v) is 7.05. The third kappa shape index (κ3) is 4.59. The van der Waals surface area contributed by atoms with Crippen LogP contribution in [0.5, 0.6) is 0 Å². The van der Waals surface area contributed by atoms with Crippen molar-refractivity contribution in [2.45, 2.75) is 25.3 Å². The number of hydrogen-bond donors (Lipinski definition) is 3. The molecule has 1 fully saturated rings. The second kappa shape index (κ2) is 8.22. The molecule has 1 aromatic carbocycles. The number of anilines is 1. The number of halogens is 2. The highest BCUT2D eigenvalue weighted by atomic mass is 35.5. The summed E-state index contributed by atoms with van der Waals surface area (Å²) in [6.45, 7) is 0.869. The Morgan fingerprint density at radius 2 is 2.10 bits per heavy atom. The van der Waals surface area contributed by atoms with Gasteiger partial charge in [-0.05, 0) is 37.6 Å². The van der Waals surface area contributed by atoms with Crippen molar-refractivity contribution in [1.82, 2.24) is 10.6 Å². The third-order valence-electron chi connectivity index (χ3n) is 3.34. The Morgan fingerprint density at radius 1 is 1.33 bits per heavy atom. The Hall–Kier alpha value is -1.30. The van der Waals surface area contributed by atoms with Crippen molar-refractivity contribution in [3.05, 3.63) is 28.8 Å². The zero-order chi connectivity index (χ0) is 14.5. The Kier molecular flexibility index (Phi) is 6.95. The van der Waals surface area contributed by atoms with Gasteiger partial charge in [0, 0.05) is 12.7 Å². The van der Waals surface area contributed by atoms with Gasteiger partial charge < -0.3 is 16.0 Å². The molecule has 0 saturated carbocycles. The predicted molar refractivity (Wildman–Crippen MR) is 86.4 cm³/mol. The fourth-order valence-corrected chi connectivity index (χ4v) is 2.48. The van der Waals surface area contributed by atoms with Gasteiger partial charge >= 0.3 is 0 Å². The lowest BCUT2D eigenvalue weighted by atomic mass is 10.0. The normalized spacial score (nSPS) is 17.5. The van der Waals surface area contributed by atoms with Crippen LogP contribution in [0.25, 0.3) is 0 Å². The van der Waals surface area contributed by atoms with E-state index in [0.717, 1.165) is 25.8 Å². The second-order valence-corrected chi connectivity index (χ2v) is 5.17. The van der Waals surface area contributed by atoms with E-state index in [-0.39, 0.29) is 30.3 Å². The van der Waals surface area contributed by atoms with E-state index in [1.54, 1.807) is 25.2 Å². The zero-order valence-corrected chi connectivity index (χ0v) is 13.3. The maximum atomic E-state index is 12.1. The lowest BCUT2D eigenvalue weighted by molar-refractivity contribution is -0.118. The average molecular weight is 332 g/mol. The molecule has 5 nitrogen and oxygen atoms in total. The van der Waals surface area contributed by atoms with Crippen molar-refractivity contribution in [3.63, 3.8) is 0 Å². The zero-order valence-electron chi connectivity index (χ0n) is 11.7. The van der Waals surface area contributed by atoms with Crippen molar-refractivity contribution >= 4 is 41.5 Å². The fourth-order valence-electron chi connectivity index (χ4n) is 2.22. The van der Waals surface area contributed by atoms with Crippen LogP contribution in [0.1, 0.15) is 29.6 Å². The molecule has 1 aromatic rings. The van der Waals surface area contributed by atoms with Crippen molar-refractivity contribution in [3.8, 4) is 0 Å². The molecule has 1 aliphatic rings. The van der Waals surface area contributed by atoms with Crippen molar-refractivity contribution < 1.29 is 9.59 Å². The highest BCUT2D eigenvalue weighted by molar-refractivity contribution is 6.34. The lowest BCUT2D eigenvalue weighted by Crippen LogP contribution is -2.43. The molecule has 116 valence electrons. The molecule has 2 rings (SSSR count). The van der Waals surface area contributed by atoms with E-state index in [9.17, 15) is 9.59 Å². The van der Waals surface area contributed by atoms with Gasteiger partial charge in [-0.15, -0.1) is 12.4 Å². The summed E-state index contributed by atoms with van der Waals surface area (Å²) in [6.07, 6.45) is 3.01. The molecule has 0 radical (unpaired) electrons. The molecule has 1 saturated heterocycles. The van der Waals surface area contributed by atoms with E-state index in [4.69, 9.17) is 11.6 Å². The van der Waals surface area contributed by atoms with Gasteiger partial charge in [-0.25, -0.2) is 0 Å². The van der Waals surface area contributed by atoms with Crippen molar-refractivity contribution in [1.29, 1.82) is 0 Å². The molecule has 0 bridgehead atoms. The summed E-state index contributed by atoms with van der Waals surface area (Å²) in [6, 6.07) is 4.72. The van der Waals surface area contributed by atoms with Crippen LogP contribution in [0, 0.1) is 0 Å². The smallest absolute Gasteiger partial charge is 0.252 e. The summed E-state index contributed by atoms with van der Waals surface area (Å²) < 4.78 is 0. The van der Waals surface area contributed by atoms with Crippen LogP contribution in [-0.4, -0.2) is 31.4 Å². The first kappa shape index (κ1) is 17.8. The Morgan fingerprint density at radius 3 is 2.67 bits per heavy atom. The summed E-state index contributed by atoms with van der Waals surface area (Å²) in [5.74, 6) is -0.310. The minimum Gasteiger partial charge on any atom is -0.355 e. The molecule has 0 spiro atoms. The number of carbonyl (C=O) groups is 2. The van der Waals surface area contributed by atoms with Gasteiger partial charge in [-0.2, -0.15) is 0 Å². The molecule has 1 unspecified atom stereocenters. The standard InChI is InChI=1S/C14H18ClN3O2.ClH/c1-16-13(19)10-6-5-9(8-11(10)15)18-14(20)12-4-2-3-7-17-12;/h5-6,8,12,17H,2-4,7H2,1H3,(H,16,19)(H,18,20);1H. The molecule has 1 heterocycles. The van der Waals surface area contributed by atoms with Gasteiger partial charge in [0.15, 0.2) is 0 Å². The van der Waals surface area contributed by atoms with E-state index >= 15 is 0 Å². The molecule has 3 N–H and O–H groups in total. The van der Waals surface area contributed by atoms with Crippen LogP contribution < -0.4 is 16.0 Å². The molecule has 0 aliphatic carbocycles. The summed E-state index contributed by atoms with van der Waals surface area (Å²) in [4.78, 5) is 23.6. The summed E-state index contributed by atoms with van der Waals surface area (Å²) in [7, 11) is 1.54. The molecular weight excluding hydrogens is 313 g/mol. The summed E-state index contributed by atoms with van der Waals surface area (Å²) in [5, 5.41) is 8.83. The van der Waals surface area contributed by atoms with Gasteiger partial charge in [-0.3, -0.25) is 9.59 Å². The first-order valence-electron chi connectivity index (χ1n) is 6.67. The number of benzene rings is 1. The number of rotatable bonds is 3. The van der Waals surface area contributed by atoms with E-state index in [1.165, 1.54) is 0 Å². The van der Waals surface area contributed by atoms with Gasteiger partial charge in [0.05, 0.1) is 16.6 Å². The maximum Gasteiger partial charge on any atom is 0.252 e. The van der Waals surface area contributed by atoms with Crippen molar-refractivity contribution in [2.24, 2.45) is 0 Å². The SMILES string of the molecule is CNC(=O)c1ccc(NC(=O)C2CCCCN2)cc1Cl.Cl. The molecule has 1 aliphatic heterocycles. The fraction of sp³-hybridized carbons (Fsp3) is 0.429. The first-order chi connectivity index (χ1) is 9.61. The second-order valence-electron chi connectivity index (χ2n) is 4.77. The third-order valence-corrected chi connectivity index (χ3v) is 3.65. The van der Waals surface area contributed by atoms with Gasteiger partial charge in [-0.1, -0.05) is 18.0 Å². The average Bonchev–Trinajstić information content (AvgIpc) is 2.47. The molecule has 2 amide bonds. The van der Waals surface area contributed by atoms with Crippen LogP contribution in [0.3, 0.4) is 0 Å². The van der Waals surface area contributed by atoms with Gasteiger partial charge in [0.2, 0.25) is 5.91 Å². The predicted octanol–water partition coefficient (Wildman–Crippen LogP) is 2.20. The van der Waals surface area contributed by atoms with Crippen molar-refractivity contribution in [2.75, 3.05) is 18.9 Å². The number of nitrogens with one attached hydrogen (secondary N) is 3. The number of hydrogen-bond acceptors (Lipinski definition) is 3. The minimum absolute atomic E-state index is 0. The van der Waals surface area contributed by atoms with E-state index in [1.807, 2.05) is 0 Å². The van der Waals surface area contributed by atoms with Gasteiger partial charge in [0.1, 0.15) is 0 Å². The summed E-state index contributed by atoms with van der Waals surface area (Å²) in [5.41, 5.74) is 0.989. The Labute approximate surface area is 135 Å². The van der Waals surface area contributed by atoms with E-state index in [0.29, 0.717) is 16.3 Å². The van der Waals surface area contributed by atoms with E-state index < -0.39 is 0 Å². The Balaban J connectivity index is 0.00000220. The van der Waals surface area contributed by atoms with Gasteiger partial charge in [0.25, 0.3) is 5.91 Å². The highest BCUT2D eigenvalue weighted by Gasteiger charge is 2.20. The minimum atomic E-state index is -0.248. The van der Waals surface area contributed by atoms with Crippen LogP contribution in [0.2, 0.25) is 5.02 Å². The van der Waals surface area contributed by atoms with Crippen LogP contribution in [-0.2, 0) is 4.79 Å². The molecule has 21 heavy (non-hydrogen) atoms. The lowest BCUT2D eigenvalue weighted by Gasteiger charge is -2.22. The monoisotopic (exact) mass is 331 g/mol. The molecular formula is C14H19Cl2N3O2. The maximum absolute atomic E-state index is 12.1.